The zero-order valence-electron chi connectivity index (χ0n) is 23.5. The van der Waals surface area contributed by atoms with Crippen LogP contribution in [0.2, 0.25) is 0 Å². The maximum absolute atomic E-state index is 13.7. The lowest BCUT2D eigenvalue weighted by atomic mass is 9.86. The van der Waals surface area contributed by atoms with Crippen molar-refractivity contribution < 1.29 is 23.5 Å². The number of fused-ring (bicyclic) bond motifs is 2. The number of carbonyl (C=O) groups is 1. The van der Waals surface area contributed by atoms with Gasteiger partial charge in [0.1, 0.15) is 5.52 Å². The molecular formula is C31H34N4O5. The number of methoxy groups -OCH3 is 3. The monoisotopic (exact) mass is 542 g/mol. The Morgan fingerprint density at radius 3 is 2.35 bits per heavy atom. The van der Waals surface area contributed by atoms with E-state index in [9.17, 15) is 4.79 Å². The van der Waals surface area contributed by atoms with Crippen LogP contribution < -0.4 is 24.4 Å². The van der Waals surface area contributed by atoms with Gasteiger partial charge in [-0.25, -0.2) is 0 Å². The van der Waals surface area contributed by atoms with Crippen molar-refractivity contribution in [2.75, 3.05) is 57.7 Å². The van der Waals surface area contributed by atoms with Crippen LogP contribution in [0.5, 0.6) is 17.2 Å². The molecule has 1 saturated heterocycles. The minimum Gasteiger partial charge on any atom is -0.493 e. The van der Waals surface area contributed by atoms with Gasteiger partial charge in [0.2, 0.25) is 5.75 Å². The predicted molar refractivity (Wildman–Crippen MR) is 155 cm³/mol. The Kier molecular flexibility index (Phi) is 6.75. The number of piperazine rings is 1. The summed E-state index contributed by atoms with van der Waals surface area (Å²) >= 11 is 0. The molecular weight excluding hydrogens is 508 g/mol. The lowest BCUT2D eigenvalue weighted by molar-refractivity contribution is 0.104. The second-order valence-electron chi connectivity index (χ2n) is 10.5. The molecule has 1 aromatic heterocycles. The number of rotatable bonds is 8. The molecule has 0 spiro atoms. The molecule has 9 heteroatoms. The number of carbonyl (C=O) groups excluding carboxylic acids is 1. The number of ketones is 1. The highest BCUT2D eigenvalue weighted by atomic mass is 16.5. The van der Waals surface area contributed by atoms with Crippen LogP contribution >= 0.6 is 0 Å². The van der Waals surface area contributed by atoms with Crippen molar-refractivity contribution in [3.63, 3.8) is 0 Å². The molecule has 2 aliphatic rings. The number of anilines is 2. The molecule has 0 radical (unpaired) electrons. The van der Waals surface area contributed by atoms with Gasteiger partial charge >= 0.3 is 0 Å². The van der Waals surface area contributed by atoms with E-state index in [1.54, 1.807) is 21.3 Å². The Bertz CT molecular complexity index is 1590. The van der Waals surface area contributed by atoms with E-state index in [-0.39, 0.29) is 11.8 Å². The highest BCUT2D eigenvalue weighted by Gasteiger charge is 2.34. The van der Waals surface area contributed by atoms with Crippen LogP contribution in [0.1, 0.15) is 35.3 Å². The van der Waals surface area contributed by atoms with E-state index in [1.807, 2.05) is 36.4 Å². The predicted octanol–water partition coefficient (Wildman–Crippen LogP) is 5.21. The largest absolute Gasteiger partial charge is 0.493 e. The summed E-state index contributed by atoms with van der Waals surface area (Å²) in [5, 5.41) is 8.82. The summed E-state index contributed by atoms with van der Waals surface area (Å²) in [6, 6.07) is 13.8. The van der Waals surface area contributed by atoms with Gasteiger partial charge in [0, 0.05) is 61.1 Å². The fourth-order valence-corrected chi connectivity index (χ4v) is 5.88. The van der Waals surface area contributed by atoms with Crippen LogP contribution in [0.3, 0.4) is 0 Å². The van der Waals surface area contributed by atoms with Crippen molar-refractivity contribution in [3.8, 4) is 28.6 Å². The van der Waals surface area contributed by atoms with Crippen molar-refractivity contribution in [1.29, 1.82) is 0 Å². The first kappa shape index (κ1) is 26.0. The van der Waals surface area contributed by atoms with E-state index in [1.165, 1.54) is 0 Å². The van der Waals surface area contributed by atoms with E-state index in [4.69, 9.17) is 18.7 Å². The summed E-state index contributed by atoms with van der Waals surface area (Å²) in [4.78, 5) is 18.4. The average molecular weight is 543 g/mol. The van der Waals surface area contributed by atoms with Crippen molar-refractivity contribution >= 4 is 28.1 Å². The number of hydrogen-bond acceptors (Lipinski definition) is 9. The maximum atomic E-state index is 13.7. The van der Waals surface area contributed by atoms with Crippen molar-refractivity contribution in [2.24, 2.45) is 0 Å². The zero-order chi connectivity index (χ0) is 28.0. The summed E-state index contributed by atoms with van der Waals surface area (Å²) in [5.41, 5.74) is 5.66. The van der Waals surface area contributed by atoms with Gasteiger partial charge in [0.05, 0.1) is 38.0 Å². The van der Waals surface area contributed by atoms with E-state index >= 15 is 0 Å². The van der Waals surface area contributed by atoms with Gasteiger partial charge in [0.25, 0.3) is 0 Å². The highest BCUT2D eigenvalue weighted by Crippen LogP contribution is 2.46. The lowest BCUT2D eigenvalue weighted by Gasteiger charge is -2.37. The quantitative estimate of drug-likeness (QED) is 0.284. The van der Waals surface area contributed by atoms with Gasteiger partial charge in [-0.1, -0.05) is 35.5 Å². The molecule has 208 valence electrons. The van der Waals surface area contributed by atoms with Crippen molar-refractivity contribution in [3.05, 3.63) is 59.2 Å². The average Bonchev–Trinajstić information content (AvgIpc) is 3.41. The molecule has 3 aromatic carbocycles. The van der Waals surface area contributed by atoms with Gasteiger partial charge in [-0.2, -0.15) is 0 Å². The van der Waals surface area contributed by atoms with E-state index in [0.29, 0.717) is 34.1 Å². The Morgan fingerprint density at radius 2 is 1.68 bits per heavy atom. The topological polar surface area (TPSA) is 89.3 Å². The number of ether oxygens (including phenoxy) is 3. The molecule has 40 heavy (non-hydrogen) atoms. The second-order valence-corrected chi connectivity index (χ2v) is 10.5. The summed E-state index contributed by atoms with van der Waals surface area (Å²) in [6.07, 6.45) is 0. The summed E-state index contributed by atoms with van der Waals surface area (Å²) in [5.74, 6) is 2.61. The van der Waals surface area contributed by atoms with Crippen LogP contribution in [-0.2, 0) is 6.54 Å². The normalized spacial score (nSPS) is 14.9. The number of hydrogen-bond donors (Lipinski definition) is 1. The van der Waals surface area contributed by atoms with E-state index in [2.05, 4.69) is 40.2 Å². The lowest BCUT2D eigenvalue weighted by Crippen LogP contribution is -2.46. The molecule has 1 aliphatic carbocycles. The van der Waals surface area contributed by atoms with Crippen LogP contribution in [0.25, 0.3) is 22.2 Å². The van der Waals surface area contributed by atoms with Gasteiger partial charge in [-0.05, 0) is 26.0 Å². The molecule has 4 aromatic rings. The smallest absolute Gasteiger partial charge is 0.203 e. The van der Waals surface area contributed by atoms with Gasteiger partial charge < -0.3 is 29.0 Å². The Balaban J connectivity index is 1.31. The van der Waals surface area contributed by atoms with Crippen LogP contribution in [-0.4, -0.2) is 69.4 Å². The minimum atomic E-state index is -0.000290. The first-order chi connectivity index (χ1) is 19.4. The maximum Gasteiger partial charge on any atom is 0.203 e. The second kappa shape index (κ2) is 10.4. The van der Waals surface area contributed by atoms with Crippen molar-refractivity contribution in [1.82, 2.24) is 10.1 Å². The zero-order valence-corrected chi connectivity index (χ0v) is 23.5. The Morgan fingerprint density at radius 1 is 0.950 bits per heavy atom. The first-order valence-corrected chi connectivity index (χ1v) is 13.6. The van der Waals surface area contributed by atoms with Crippen LogP contribution in [0.4, 0.5) is 11.4 Å². The third-order valence-corrected chi connectivity index (χ3v) is 7.72. The van der Waals surface area contributed by atoms with E-state index in [0.717, 1.165) is 66.1 Å². The molecule has 2 heterocycles. The molecule has 1 fully saturated rings. The summed E-state index contributed by atoms with van der Waals surface area (Å²) in [7, 11) is 4.90. The molecule has 1 aliphatic heterocycles. The fraction of sp³-hybridized carbons (Fsp3) is 0.355. The Hall–Kier alpha value is -4.24. The Labute approximate surface area is 233 Å². The molecule has 0 unspecified atom stereocenters. The van der Waals surface area contributed by atoms with Crippen molar-refractivity contribution in [2.45, 2.75) is 26.4 Å². The minimum absolute atomic E-state index is 0.000290. The van der Waals surface area contributed by atoms with Gasteiger partial charge in [-0.3, -0.25) is 9.69 Å². The summed E-state index contributed by atoms with van der Waals surface area (Å²) in [6.45, 7) is 8.18. The van der Waals surface area contributed by atoms with Gasteiger partial charge in [-0.15, -0.1) is 0 Å². The third-order valence-electron chi connectivity index (χ3n) is 7.72. The van der Waals surface area contributed by atoms with E-state index < -0.39 is 0 Å². The molecule has 6 rings (SSSR count). The molecule has 0 amide bonds. The molecule has 1 N–H and O–H groups in total. The molecule has 0 saturated carbocycles. The third kappa shape index (κ3) is 4.21. The van der Waals surface area contributed by atoms with Crippen LogP contribution in [0.15, 0.2) is 47.0 Å². The molecule has 0 bridgehead atoms. The highest BCUT2D eigenvalue weighted by molar-refractivity contribution is 6.28. The number of nitrogens with zero attached hydrogens (tertiary/aromatic N) is 3. The number of aromatic nitrogens is 1. The SMILES string of the molecule is COc1ccc(CN2CCN(c3cc(NC(C)C)c4c5c(onc35)-c3ccccc3C4=O)CC2)c(OC)c1OC. The molecule has 9 nitrogen and oxygen atoms in total. The number of benzene rings is 3. The molecule has 0 atom stereocenters. The summed E-state index contributed by atoms with van der Waals surface area (Å²) < 4.78 is 22.6. The van der Waals surface area contributed by atoms with Gasteiger partial charge in [0.15, 0.2) is 23.0 Å². The fourth-order valence-electron chi connectivity index (χ4n) is 5.88. The first-order valence-electron chi connectivity index (χ1n) is 13.6. The number of nitrogens with one attached hydrogen (secondary N) is 1. The standard InChI is InChI=1S/C31H34N4O5/c1-18(2)32-22-16-23(27-26-25(22)28(36)20-8-6-7-9-21(20)30(26)40-33-27)35-14-12-34(13-15-35)17-19-10-11-24(37-3)31(39-5)29(19)38-4/h6-11,16,18,32H,12-15,17H2,1-5H3. The van der Waals surface area contributed by atoms with Crippen LogP contribution in [0, 0.1) is 0 Å².